The number of rotatable bonds is 5. The minimum absolute atomic E-state index is 0.123. The van der Waals surface area contributed by atoms with Crippen LogP contribution in [0.15, 0.2) is 53.7 Å². The van der Waals surface area contributed by atoms with Gasteiger partial charge in [-0.1, -0.05) is 23.9 Å². The van der Waals surface area contributed by atoms with Gasteiger partial charge in [0.15, 0.2) is 5.82 Å². The molecule has 0 aliphatic carbocycles. The molecule has 3 aromatic rings. The van der Waals surface area contributed by atoms with E-state index < -0.39 is 0 Å². The number of nitrogens with one attached hydrogen (secondary N) is 1. The Morgan fingerprint density at radius 1 is 1.08 bits per heavy atom. The molecule has 134 valence electrons. The molecule has 7 heteroatoms. The van der Waals surface area contributed by atoms with Crippen molar-refractivity contribution >= 4 is 17.4 Å². The maximum absolute atomic E-state index is 5.51. The standard InChI is InChI=1S/C19H21N5OS/c1-4-25-16-11-7-13(8-12-16)17-20-21-19-24(17)22-18(26-19)14-5-9-15(10-6-14)23(2)3/h5-12,18,22H,4H2,1-3H3. The number of benzene rings is 2. The Kier molecular flexibility index (Phi) is 4.46. The van der Waals surface area contributed by atoms with Crippen LogP contribution in [0.4, 0.5) is 5.69 Å². The molecule has 6 nitrogen and oxygen atoms in total. The normalized spacial score (nSPS) is 15.4. The second-order valence-electron chi connectivity index (χ2n) is 6.21. The first-order chi connectivity index (χ1) is 12.7. The largest absolute Gasteiger partial charge is 0.494 e. The third-order valence-electron chi connectivity index (χ3n) is 4.24. The Labute approximate surface area is 157 Å². The Hall–Kier alpha value is -2.67. The van der Waals surface area contributed by atoms with Crippen LogP contribution in [0.25, 0.3) is 11.4 Å². The van der Waals surface area contributed by atoms with Crippen LogP contribution < -0.4 is 15.1 Å². The van der Waals surface area contributed by atoms with Crippen LogP contribution in [0.2, 0.25) is 0 Å². The molecule has 4 rings (SSSR count). The third kappa shape index (κ3) is 3.10. The quantitative estimate of drug-likeness (QED) is 0.741. The van der Waals surface area contributed by atoms with E-state index in [0.717, 1.165) is 22.3 Å². The summed E-state index contributed by atoms with van der Waals surface area (Å²) < 4.78 is 7.47. The van der Waals surface area contributed by atoms with Crippen molar-refractivity contribution in [1.29, 1.82) is 0 Å². The third-order valence-corrected chi connectivity index (χ3v) is 5.33. The van der Waals surface area contributed by atoms with Crippen molar-refractivity contribution in [2.75, 3.05) is 31.0 Å². The van der Waals surface area contributed by atoms with E-state index in [-0.39, 0.29) is 5.37 Å². The van der Waals surface area contributed by atoms with Crippen molar-refractivity contribution in [2.45, 2.75) is 17.5 Å². The highest BCUT2D eigenvalue weighted by molar-refractivity contribution is 7.99. The van der Waals surface area contributed by atoms with Gasteiger partial charge in [-0.3, -0.25) is 0 Å². The van der Waals surface area contributed by atoms with Gasteiger partial charge in [0.2, 0.25) is 5.16 Å². The van der Waals surface area contributed by atoms with Gasteiger partial charge < -0.3 is 15.1 Å². The van der Waals surface area contributed by atoms with Crippen molar-refractivity contribution in [3.8, 4) is 17.1 Å². The lowest BCUT2D eigenvalue weighted by molar-refractivity contribution is 0.340. The molecule has 2 heterocycles. The predicted octanol–water partition coefficient (Wildman–Crippen LogP) is 3.76. The summed E-state index contributed by atoms with van der Waals surface area (Å²) in [7, 11) is 4.09. The first kappa shape index (κ1) is 16.8. The molecule has 0 spiro atoms. The topological polar surface area (TPSA) is 55.2 Å². The highest BCUT2D eigenvalue weighted by atomic mass is 32.2. The molecule has 0 amide bonds. The van der Waals surface area contributed by atoms with E-state index in [0.29, 0.717) is 6.61 Å². The Bertz CT molecular complexity index is 889. The number of nitrogens with zero attached hydrogens (tertiary/aromatic N) is 4. The maximum atomic E-state index is 5.51. The van der Waals surface area contributed by atoms with Crippen LogP contribution in [-0.4, -0.2) is 35.6 Å². The number of aromatic nitrogens is 3. The van der Waals surface area contributed by atoms with Gasteiger partial charge >= 0.3 is 0 Å². The van der Waals surface area contributed by atoms with Gasteiger partial charge in [-0.25, -0.2) is 4.68 Å². The number of fused-ring (bicyclic) bond motifs is 1. The maximum Gasteiger partial charge on any atom is 0.212 e. The van der Waals surface area contributed by atoms with Gasteiger partial charge in [-0.05, 0) is 48.9 Å². The van der Waals surface area contributed by atoms with E-state index in [1.807, 2.05) is 50.0 Å². The molecule has 0 fully saturated rings. The molecular weight excluding hydrogens is 346 g/mol. The molecule has 1 aliphatic heterocycles. The predicted molar refractivity (Wildman–Crippen MR) is 105 cm³/mol. The van der Waals surface area contributed by atoms with E-state index in [4.69, 9.17) is 4.74 Å². The van der Waals surface area contributed by atoms with Crippen LogP contribution in [-0.2, 0) is 0 Å². The highest BCUT2D eigenvalue weighted by Crippen LogP contribution is 2.40. The smallest absolute Gasteiger partial charge is 0.212 e. The van der Waals surface area contributed by atoms with Gasteiger partial charge in [0, 0.05) is 25.3 Å². The average Bonchev–Trinajstić information content (AvgIpc) is 3.23. The summed E-state index contributed by atoms with van der Waals surface area (Å²) in [5, 5.41) is 9.65. The molecule has 1 atom stereocenters. The summed E-state index contributed by atoms with van der Waals surface area (Å²) in [6.45, 7) is 2.64. The minimum Gasteiger partial charge on any atom is -0.494 e. The summed E-state index contributed by atoms with van der Waals surface area (Å²) in [6.07, 6.45) is 0. The molecule has 1 N–H and O–H groups in total. The summed E-state index contributed by atoms with van der Waals surface area (Å²) in [5.74, 6) is 1.67. The van der Waals surface area contributed by atoms with E-state index >= 15 is 0 Å². The number of hydrogen-bond acceptors (Lipinski definition) is 6. The monoisotopic (exact) mass is 367 g/mol. The Morgan fingerprint density at radius 2 is 1.81 bits per heavy atom. The lowest BCUT2D eigenvalue weighted by atomic mass is 10.2. The summed E-state index contributed by atoms with van der Waals surface area (Å²) in [4.78, 5) is 2.10. The van der Waals surface area contributed by atoms with E-state index in [9.17, 15) is 0 Å². The molecule has 26 heavy (non-hydrogen) atoms. The van der Waals surface area contributed by atoms with Gasteiger partial charge in [0.25, 0.3) is 0 Å². The molecule has 0 saturated heterocycles. The van der Waals surface area contributed by atoms with E-state index in [1.165, 1.54) is 11.3 Å². The molecule has 2 aromatic carbocycles. The van der Waals surface area contributed by atoms with Crippen LogP contribution in [0, 0.1) is 0 Å². The number of anilines is 1. The lowest BCUT2D eigenvalue weighted by Crippen LogP contribution is -2.14. The fourth-order valence-corrected chi connectivity index (χ4v) is 3.85. The molecule has 1 unspecified atom stereocenters. The fourth-order valence-electron chi connectivity index (χ4n) is 2.86. The van der Waals surface area contributed by atoms with Crippen molar-refractivity contribution in [1.82, 2.24) is 14.9 Å². The van der Waals surface area contributed by atoms with Crippen molar-refractivity contribution in [2.24, 2.45) is 0 Å². The molecular formula is C19H21N5OS. The van der Waals surface area contributed by atoms with Gasteiger partial charge in [-0.2, -0.15) is 0 Å². The average molecular weight is 367 g/mol. The first-order valence-electron chi connectivity index (χ1n) is 8.55. The van der Waals surface area contributed by atoms with Crippen LogP contribution in [0.1, 0.15) is 17.9 Å². The fraction of sp³-hybridized carbons (Fsp3) is 0.263. The van der Waals surface area contributed by atoms with E-state index in [1.54, 1.807) is 11.8 Å². The molecule has 1 aliphatic rings. The number of ether oxygens (including phenoxy) is 1. The van der Waals surface area contributed by atoms with Gasteiger partial charge in [-0.15, -0.1) is 10.2 Å². The second-order valence-corrected chi connectivity index (χ2v) is 7.28. The molecule has 0 radical (unpaired) electrons. The first-order valence-corrected chi connectivity index (χ1v) is 9.43. The van der Waals surface area contributed by atoms with Crippen molar-refractivity contribution in [3.63, 3.8) is 0 Å². The SMILES string of the molecule is CCOc1ccc(-c2nnc3n2NC(c2ccc(N(C)C)cc2)S3)cc1. The zero-order chi connectivity index (χ0) is 18.1. The van der Waals surface area contributed by atoms with Crippen molar-refractivity contribution < 1.29 is 4.74 Å². The molecule has 0 bridgehead atoms. The van der Waals surface area contributed by atoms with Crippen LogP contribution in [0.3, 0.4) is 0 Å². The molecule has 0 saturated carbocycles. The van der Waals surface area contributed by atoms with Crippen LogP contribution in [0.5, 0.6) is 5.75 Å². The summed E-state index contributed by atoms with van der Waals surface area (Å²) in [6, 6.07) is 16.5. The summed E-state index contributed by atoms with van der Waals surface area (Å²) in [5.41, 5.74) is 6.90. The minimum atomic E-state index is 0.123. The van der Waals surface area contributed by atoms with E-state index in [2.05, 4.69) is 44.8 Å². The summed E-state index contributed by atoms with van der Waals surface area (Å²) >= 11 is 1.67. The lowest BCUT2D eigenvalue weighted by Gasteiger charge is -2.15. The number of thioether (sulfide) groups is 1. The zero-order valence-corrected chi connectivity index (χ0v) is 15.8. The Morgan fingerprint density at radius 3 is 2.46 bits per heavy atom. The highest BCUT2D eigenvalue weighted by Gasteiger charge is 2.28. The van der Waals surface area contributed by atoms with Crippen LogP contribution >= 0.6 is 11.8 Å². The van der Waals surface area contributed by atoms with Crippen molar-refractivity contribution in [3.05, 3.63) is 54.1 Å². The van der Waals surface area contributed by atoms with Gasteiger partial charge in [0.1, 0.15) is 11.1 Å². The Balaban J connectivity index is 1.55. The van der Waals surface area contributed by atoms with Gasteiger partial charge in [0.05, 0.1) is 6.61 Å². The number of hydrogen-bond donors (Lipinski definition) is 1. The molecule has 1 aromatic heterocycles. The zero-order valence-electron chi connectivity index (χ0n) is 15.0. The second kappa shape index (κ2) is 6.92.